The maximum Gasteiger partial charge on any atom is 0.264 e. The minimum absolute atomic E-state index is 0.0296. The van der Waals surface area contributed by atoms with Crippen molar-refractivity contribution in [2.24, 2.45) is 12.1 Å². The van der Waals surface area contributed by atoms with Crippen LogP contribution in [0.15, 0.2) is 38.6 Å². The first-order chi connectivity index (χ1) is 11.8. The molecule has 3 rings (SSSR count). The van der Waals surface area contributed by atoms with E-state index in [-0.39, 0.29) is 28.2 Å². The van der Waals surface area contributed by atoms with Gasteiger partial charge in [0, 0.05) is 24.9 Å². The summed E-state index contributed by atoms with van der Waals surface area (Å²) < 4.78 is 2.32. The average molecular weight is 423 g/mol. The topological polar surface area (TPSA) is 90.7 Å². The number of hydrogen-bond acceptors (Lipinski definition) is 5. The molecular formula is C16H15BrN4O3S. The molecule has 0 fully saturated rings. The van der Waals surface area contributed by atoms with Crippen molar-refractivity contribution in [3.05, 3.63) is 55.0 Å². The minimum Gasteiger partial charge on any atom is -0.494 e. The summed E-state index contributed by atoms with van der Waals surface area (Å²) in [5.74, 6) is -0.518. The van der Waals surface area contributed by atoms with Crippen molar-refractivity contribution in [1.82, 2.24) is 14.6 Å². The third-order valence-electron chi connectivity index (χ3n) is 4.07. The van der Waals surface area contributed by atoms with Crippen molar-refractivity contribution < 1.29 is 9.90 Å². The Morgan fingerprint density at radius 2 is 2.04 bits per heavy atom. The molecule has 0 spiro atoms. The van der Waals surface area contributed by atoms with Gasteiger partial charge in [0.05, 0.1) is 11.8 Å². The highest BCUT2D eigenvalue weighted by atomic mass is 79.9. The second-order valence-corrected chi connectivity index (χ2v) is 7.00. The van der Waals surface area contributed by atoms with Crippen molar-refractivity contribution >= 4 is 39.8 Å². The summed E-state index contributed by atoms with van der Waals surface area (Å²) in [6.45, 7) is 1.41. The zero-order valence-corrected chi connectivity index (χ0v) is 15.9. The number of rotatable bonds is 2. The van der Waals surface area contributed by atoms with Crippen LogP contribution in [-0.4, -0.2) is 31.3 Å². The maximum absolute atomic E-state index is 12.3. The Balaban J connectivity index is 2.08. The van der Waals surface area contributed by atoms with Crippen LogP contribution in [0.4, 0.5) is 0 Å². The fourth-order valence-electron chi connectivity index (χ4n) is 2.77. The van der Waals surface area contributed by atoms with Crippen molar-refractivity contribution in [3.63, 3.8) is 0 Å². The first kappa shape index (κ1) is 17.6. The second-order valence-electron chi connectivity index (χ2n) is 5.70. The van der Waals surface area contributed by atoms with Gasteiger partial charge in [0.2, 0.25) is 11.8 Å². The number of hydrogen-bond donors (Lipinski definition) is 2. The molecule has 9 heteroatoms. The number of benzene rings is 1. The molecule has 1 aliphatic heterocycles. The van der Waals surface area contributed by atoms with Crippen molar-refractivity contribution in [3.8, 4) is 5.88 Å². The zero-order chi connectivity index (χ0) is 18.3. The molecule has 1 aliphatic rings. The van der Waals surface area contributed by atoms with E-state index >= 15 is 0 Å². The van der Waals surface area contributed by atoms with Crippen LogP contribution in [0.5, 0.6) is 5.88 Å². The summed E-state index contributed by atoms with van der Waals surface area (Å²) in [6.07, 6.45) is 0.314. The van der Waals surface area contributed by atoms with Crippen LogP contribution in [0.3, 0.4) is 0 Å². The van der Waals surface area contributed by atoms with Crippen molar-refractivity contribution in [2.45, 2.75) is 19.4 Å². The molecule has 2 aromatic rings. The molecule has 2 heterocycles. The summed E-state index contributed by atoms with van der Waals surface area (Å²) in [4.78, 5) is 26.8. The number of H-pyrrole nitrogens is 1. The van der Waals surface area contributed by atoms with E-state index in [4.69, 9.17) is 12.2 Å². The number of aromatic nitrogens is 2. The molecule has 130 valence electrons. The lowest BCUT2D eigenvalue weighted by molar-refractivity contribution is -0.130. The van der Waals surface area contributed by atoms with E-state index in [9.17, 15) is 14.7 Å². The normalized spacial score (nSPS) is 16.8. The molecule has 25 heavy (non-hydrogen) atoms. The molecular weight excluding hydrogens is 408 g/mol. The van der Waals surface area contributed by atoms with Gasteiger partial charge in [0.15, 0.2) is 4.77 Å². The fraction of sp³-hybridized carbons (Fsp3) is 0.250. The number of halogens is 1. The lowest BCUT2D eigenvalue weighted by Gasteiger charge is -2.20. The number of aromatic hydroxyl groups is 1. The standard InChI is InChI=1S/C16H15BrN4O3S/c1-8(22)21-12(9-3-5-10(17)6-4-9)7-11(19-21)13-14(23)18-16(25)20(2)15(13)24/h3-6,12,24H,7H2,1-2H3,(H,18,23,25)/t12-/m0/s1. The Bertz CT molecular complexity index is 994. The highest BCUT2D eigenvalue weighted by Crippen LogP contribution is 2.34. The van der Waals surface area contributed by atoms with Crippen LogP contribution >= 0.6 is 28.1 Å². The number of amides is 1. The van der Waals surface area contributed by atoms with Gasteiger partial charge in [-0.3, -0.25) is 19.1 Å². The van der Waals surface area contributed by atoms with Gasteiger partial charge in [-0.05, 0) is 29.9 Å². The van der Waals surface area contributed by atoms with Crippen LogP contribution in [0.1, 0.15) is 30.5 Å². The van der Waals surface area contributed by atoms with Crippen LogP contribution < -0.4 is 5.56 Å². The van der Waals surface area contributed by atoms with Gasteiger partial charge in [-0.1, -0.05) is 28.1 Å². The zero-order valence-electron chi connectivity index (χ0n) is 13.5. The summed E-state index contributed by atoms with van der Waals surface area (Å²) >= 11 is 8.36. The van der Waals surface area contributed by atoms with Gasteiger partial charge in [0.25, 0.3) is 5.56 Å². The Morgan fingerprint density at radius 1 is 1.40 bits per heavy atom. The first-order valence-electron chi connectivity index (χ1n) is 7.45. The second kappa shape index (κ2) is 6.57. The molecule has 7 nitrogen and oxygen atoms in total. The number of carbonyl (C=O) groups excluding carboxylic acids is 1. The smallest absolute Gasteiger partial charge is 0.264 e. The molecule has 0 unspecified atom stereocenters. The minimum atomic E-state index is -0.528. The van der Waals surface area contributed by atoms with Crippen LogP contribution in [-0.2, 0) is 11.8 Å². The summed E-state index contributed by atoms with van der Waals surface area (Å²) in [6, 6.07) is 7.19. The number of hydrazone groups is 1. The Kier molecular flexibility index (Phi) is 4.61. The van der Waals surface area contributed by atoms with Crippen LogP contribution in [0.2, 0.25) is 0 Å². The van der Waals surface area contributed by atoms with Gasteiger partial charge in [0.1, 0.15) is 5.56 Å². The average Bonchev–Trinajstić information content (AvgIpc) is 2.98. The van der Waals surface area contributed by atoms with E-state index in [0.717, 1.165) is 10.0 Å². The van der Waals surface area contributed by atoms with E-state index in [1.165, 1.54) is 16.5 Å². The molecule has 1 aromatic carbocycles. The van der Waals surface area contributed by atoms with Crippen LogP contribution in [0.25, 0.3) is 0 Å². The number of nitrogens with one attached hydrogen (secondary N) is 1. The van der Waals surface area contributed by atoms with Gasteiger partial charge >= 0.3 is 0 Å². The molecule has 0 bridgehead atoms. The molecule has 1 aromatic heterocycles. The number of carbonyl (C=O) groups is 1. The van der Waals surface area contributed by atoms with Gasteiger partial charge in [-0.15, -0.1) is 0 Å². The highest BCUT2D eigenvalue weighted by molar-refractivity contribution is 9.10. The Labute approximate surface area is 156 Å². The third-order valence-corrected chi connectivity index (χ3v) is 4.97. The van der Waals surface area contributed by atoms with E-state index < -0.39 is 5.56 Å². The molecule has 2 N–H and O–H groups in total. The van der Waals surface area contributed by atoms with Crippen LogP contribution in [0, 0.1) is 4.77 Å². The molecule has 1 amide bonds. The lowest BCUT2D eigenvalue weighted by atomic mass is 9.99. The SMILES string of the molecule is CC(=O)N1N=C(c2c(O)n(C)c(=S)[nH]c2=O)C[C@H]1c1ccc(Br)cc1. The number of aromatic amines is 1. The van der Waals surface area contributed by atoms with E-state index in [1.807, 2.05) is 24.3 Å². The molecule has 0 radical (unpaired) electrons. The first-order valence-corrected chi connectivity index (χ1v) is 8.65. The fourth-order valence-corrected chi connectivity index (χ4v) is 3.21. The van der Waals surface area contributed by atoms with E-state index in [1.54, 1.807) is 7.05 Å². The quantitative estimate of drug-likeness (QED) is 0.727. The Hall–Kier alpha value is -2.26. The predicted octanol–water partition coefficient (Wildman–Crippen LogP) is 2.61. The van der Waals surface area contributed by atoms with Crippen molar-refractivity contribution in [1.29, 1.82) is 0 Å². The van der Waals surface area contributed by atoms with Gasteiger partial charge in [-0.2, -0.15) is 5.10 Å². The largest absolute Gasteiger partial charge is 0.494 e. The molecule has 0 saturated heterocycles. The van der Waals surface area contributed by atoms with E-state index in [0.29, 0.717) is 12.1 Å². The van der Waals surface area contributed by atoms with E-state index in [2.05, 4.69) is 26.0 Å². The highest BCUT2D eigenvalue weighted by Gasteiger charge is 2.34. The van der Waals surface area contributed by atoms with Gasteiger partial charge < -0.3 is 5.11 Å². The summed E-state index contributed by atoms with van der Waals surface area (Å²) in [7, 11) is 1.54. The molecule has 0 saturated carbocycles. The summed E-state index contributed by atoms with van der Waals surface area (Å²) in [5.41, 5.74) is 0.728. The monoisotopic (exact) mass is 422 g/mol. The van der Waals surface area contributed by atoms with Crippen molar-refractivity contribution in [2.75, 3.05) is 0 Å². The lowest BCUT2D eigenvalue weighted by Crippen LogP contribution is -2.24. The predicted molar refractivity (Wildman–Crippen MR) is 99.1 cm³/mol. The third kappa shape index (κ3) is 3.16. The summed E-state index contributed by atoms with van der Waals surface area (Å²) in [5, 5.41) is 15.9. The Morgan fingerprint density at radius 3 is 2.64 bits per heavy atom. The maximum atomic E-state index is 12.3. The van der Waals surface area contributed by atoms with Gasteiger partial charge in [-0.25, -0.2) is 5.01 Å². The molecule has 1 atom stereocenters. The number of nitrogens with zero attached hydrogens (tertiary/aromatic N) is 3. The molecule has 0 aliphatic carbocycles.